The molecule has 0 radical (unpaired) electrons. The minimum absolute atomic E-state index is 0. The Hall–Kier alpha value is -0.770. The van der Waals surface area contributed by atoms with Crippen LogP contribution in [0.4, 0.5) is 0 Å². The van der Waals surface area contributed by atoms with Crippen molar-refractivity contribution in [2.24, 2.45) is 0 Å². The second-order valence-electron chi connectivity index (χ2n) is 7.73. The molecule has 0 bridgehead atoms. The van der Waals surface area contributed by atoms with Crippen molar-refractivity contribution in [3.05, 3.63) is 54.1 Å². The number of amides is 1. The van der Waals surface area contributed by atoms with E-state index in [0.29, 0.717) is 13.0 Å². The molecule has 0 spiro atoms. The number of piperazine rings is 1. The van der Waals surface area contributed by atoms with Crippen molar-refractivity contribution in [1.82, 2.24) is 15.1 Å². The van der Waals surface area contributed by atoms with E-state index in [-0.39, 0.29) is 30.1 Å². The molecule has 0 saturated carbocycles. The molecule has 1 unspecified atom stereocenters. The Morgan fingerprint density at radius 2 is 1.87 bits per heavy atom. The summed E-state index contributed by atoms with van der Waals surface area (Å²) in [6, 6.07) is 8.40. The highest BCUT2D eigenvalue weighted by Crippen LogP contribution is 2.46. The van der Waals surface area contributed by atoms with Crippen molar-refractivity contribution >= 4 is 67.3 Å². The summed E-state index contributed by atoms with van der Waals surface area (Å²) in [4.78, 5) is 29.5. The molecule has 4 rings (SSSR count). The van der Waals surface area contributed by atoms with E-state index in [4.69, 9.17) is 0 Å². The topological polar surface area (TPSA) is 52.6 Å². The maximum absolute atomic E-state index is 12.6. The number of benzene rings is 1. The second-order valence-corrected chi connectivity index (χ2v) is 11.4. The van der Waals surface area contributed by atoms with E-state index in [9.17, 15) is 9.59 Å². The van der Waals surface area contributed by atoms with Crippen LogP contribution in [0.25, 0.3) is 0 Å². The van der Waals surface area contributed by atoms with Gasteiger partial charge in [-0.1, -0.05) is 29.8 Å². The molecule has 1 aromatic heterocycles. The smallest absolute Gasteiger partial charge is 0.234 e. The number of Topliss-reactive ketones (excluding diaryl/α,β-unsaturated/α-hetero) is 1. The zero-order valence-corrected chi connectivity index (χ0v) is 21.4. The van der Waals surface area contributed by atoms with Gasteiger partial charge in [0, 0.05) is 50.3 Å². The standard InChI is InChI=1S/C21H23Br2N3O2S.ClH/c1-13-3-2-4-14(9-13)11-25-5-7-26(8-6-25)12-17(28)24-15-10-16(27)19-18(15)20(22)29-21(19)23;/h2-4,9,15H,5-8,10-12H2,1H3,(H,24,28);1H. The Kier molecular flexibility index (Phi) is 8.15. The van der Waals surface area contributed by atoms with Crippen molar-refractivity contribution in [3.8, 4) is 0 Å². The largest absolute Gasteiger partial charge is 0.348 e. The Bertz CT molecular complexity index is 944. The fraction of sp³-hybridized carbons (Fsp3) is 0.429. The Morgan fingerprint density at radius 1 is 1.17 bits per heavy atom. The molecule has 1 aromatic carbocycles. The van der Waals surface area contributed by atoms with Crippen LogP contribution in [-0.2, 0) is 11.3 Å². The number of nitrogens with zero attached hydrogens (tertiary/aromatic N) is 2. The SMILES string of the molecule is Cc1cccc(CN2CCN(CC(=O)NC3CC(=O)c4c(Br)sc(Br)c43)CC2)c1.Cl. The van der Waals surface area contributed by atoms with Crippen molar-refractivity contribution in [2.45, 2.75) is 25.9 Å². The summed E-state index contributed by atoms with van der Waals surface area (Å²) in [5.74, 6) is 0.0703. The van der Waals surface area contributed by atoms with Gasteiger partial charge in [-0.15, -0.1) is 23.7 Å². The number of nitrogens with one attached hydrogen (secondary N) is 1. The highest BCUT2D eigenvalue weighted by atomic mass is 79.9. The Morgan fingerprint density at radius 3 is 2.57 bits per heavy atom. The molecule has 5 nitrogen and oxygen atoms in total. The van der Waals surface area contributed by atoms with Gasteiger partial charge >= 0.3 is 0 Å². The zero-order valence-electron chi connectivity index (χ0n) is 16.6. The highest BCUT2D eigenvalue weighted by Gasteiger charge is 2.36. The lowest BCUT2D eigenvalue weighted by Gasteiger charge is -2.34. The first kappa shape index (κ1) is 23.9. The quantitative estimate of drug-likeness (QED) is 0.566. The fourth-order valence-electron chi connectivity index (χ4n) is 4.09. The van der Waals surface area contributed by atoms with Crippen LogP contribution >= 0.6 is 55.6 Å². The molecule has 2 heterocycles. The monoisotopic (exact) mass is 575 g/mol. The van der Waals surface area contributed by atoms with Crippen LogP contribution in [0.3, 0.4) is 0 Å². The number of hydrogen-bond donors (Lipinski definition) is 1. The lowest BCUT2D eigenvalue weighted by Crippen LogP contribution is -2.49. The van der Waals surface area contributed by atoms with Crippen molar-refractivity contribution in [2.75, 3.05) is 32.7 Å². The number of halogens is 3. The van der Waals surface area contributed by atoms with E-state index in [0.717, 1.165) is 51.4 Å². The average Bonchev–Trinajstić information content (AvgIpc) is 3.15. The molecule has 2 aliphatic rings. The van der Waals surface area contributed by atoms with E-state index in [1.807, 2.05) is 0 Å². The summed E-state index contributed by atoms with van der Waals surface area (Å²) in [6.07, 6.45) is 0.339. The minimum atomic E-state index is -0.232. The van der Waals surface area contributed by atoms with Crippen molar-refractivity contribution < 1.29 is 9.59 Å². The van der Waals surface area contributed by atoms with Gasteiger partial charge in [-0.2, -0.15) is 0 Å². The van der Waals surface area contributed by atoms with Gasteiger partial charge in [-0.3, -0.25) is 19.4 Å². The summed E-state index contributed by atoms with van der Waals surface area (Å²) in [7, 11) is 0. The number of fused-ring (bicyclic) bond motifs is 1. The van der Waals surface area contributed by atoms with Gasteiger partial charge in [0.05, 0.1) is 20.2 Å². The van der Waals surface area contributed by atoms with Gasteiger partial charge in [-0.05, 0) is 44.3 Å². The number of carbonyl (C=O) groups excluding carboxylic acids is 2. The molecular formula is C21H24Br2ClN3O2S. The van der Waals surface area contributed by atoms with Gasteiger partial charge in [0.15, 0.2) is 5.78 Å². The normalized spacial score (nSPS) is 19.4. The molecule has 1 N–H and O–H groups in total. The first-order valence-electron chi connectivity index (χ1n) is 9.71. The molecule has 162 valence electrons. The van der Waals surface area contributed by atoms with E-state index in [2.05, 4.69) is 78.2 Å². The molecule has 2 aromatic rings. The number of hydrogen-bond acceptors (Lipinski definition) is 5. The average molecular weight is 578 g/mol. The maximum Gasteiger partial charge on any atom is 0.234 e. The van der Waals surface area contributed by atoms with Crippen molar-refractivity contribution in [3.63, 3.8) is 0 Å². The van der Waals surface area contributed by atoms with Crippen molar-refractivity contribution in [1.29, 1.82) is 0 Å². The van der Waals surface area contributed by atoms with Gasteiger partial charge < -0.3 is 5.32 Å². The van der Waals surface area contributed by atoms with Crippen LogP contribution in [0, 0.1) is 6.92 Å². The number of rotatable bonds is 5. The third-order valence-corrected chi connectivity index (χ3v) is 8.11. The molecule has 9 heteroatoms. The molecule has 1 saturated heterocycles. The summed E-state index contributed by atoms with van der Waals surface area (Å²) in [5.41, 5.74) is 4.26. The lowest BCUT2D eigenvalue weighted by atomic mass is 10.1. The Balaban J connectivity index is 0.00000256. The minimum Gasteiger partial charge on any atom is -0.348 e. The van der Waals surface area contributed by atoms with E-state index in [1.165, 1.54) is 22.5 Å². The number of aryl methyl sites for hydroxylation is 1. The summed E-state index contributed by atoms with van der Waals surface area (Å²) in [6.45, 7) is 7.11. The van der Waals surface area contributed by atoms with Crippen LogP contribution in [0.1, 0.15) is 39.5 Å². The molecule has 1 aliphatic heterocycles. The molecular weight excluding hydrogens is 554 g/mol. The van der Waals surface area contributed by atoms with E-state index in [1.54, 1.807) is 0 Å². The van der Waals surface area contributed by atoms with Gasteiger partial charge in [0.1, 0.15) is 0 Å². The van der Waals surface area contributed by atoms with Crippen LogP contribution in [0.5, 0.6) is 0 Å². The maximum atomic E-state index is 12.6. The molecule has 1 atom stereocenters. The summed E-state index contributed by atoms with van der Waals surface area (Å²) >= 11 is 8.48. The van der Waals surface area contributed by atoms with Gasteiger partial charge in [0.25, 0.3) is 0 Å². The van der Waals surface area contributed by atoms with Crippen LogP contribution in [-0.4, -0.2) is 54.2 Å². The third-order valence-electron chi connectivity index (χ3n) is 5.53. The first-order chi connectivity index (χ1) is 13.9. The predicted molar refractivity (Wildman–Crippen MR) is 130 cm³/mol. The molecule has 1 amide bonds. The van der Waals surface area contributed by atoms with Gasteiger partial charge in [-0.25, -0.2) is 0 Å². The van der Waals surface area contributed by atoms with E-state index >= 15 is 0 Å². The fourth-order valence-corrected chi connectivity index (χ4v) is 7.46. The van der Waals surface area contributed by atoms with Crippen LogP contribution in [0.15, 0.2) is 31.8 Å². The summed E-state index contributed by atoms with van der Waals surface area (Å²) < 4.78 is 1.76. The number of ketones is 1. The third kappa shape index (κ3) is 5.34. The number of carbonyl (C=O) groups is 2. The highest BCUT2D eigenvalue weighted by molar-refractivity contribution is 9.12. The van der Waals surface area contributed by atoms with Crippen LogP contribution < -0.4 is 5.32 Å². The number of thiophene rings is 1. The molecule has 1 fully saturated rings. The first-order valence-corrected chi connectivity index (χ1v) is 12.1. The molecule has 1 aliphatic carbocycles. The zero-order chi connectivity index (χ0) is 20.5. The Labute approximate surface area is 203 Å². The van der Waals surface area contributed by atoms with Crippen LogP contribution in [0.2, 0.25) is 0 Å². The van der Waals surface area contributed by atoms with Gasteiger partial charge in [0.2, 0.25) is 5.91 Å². The lowest BCUT2D eigenvalue weighted by molar-refractivity contribution is -0.123. The molecule has 30 heavy (non-hydrogen) atoms. The second kappa shape index (κ2) is 10.2. The predicted octanol–water partition coefficient (Wildman–Crippen LogP) is 4.56. The summed E-state index contributed by atoms with van der Waals surface area (Å²) in [5, 5.41) is 3.07. The van der Waals surface area contributed by atoms with E-state index < -0.39 is 0 Å².